The van der Waals surface area contributed by atoms with Crippen LogP contribution < -0.4 is 9.54 Å². The lowest BCUT2D eigenvalue weighted by Crippen LogP contribution is -2.17. The third kappa shape index (κ3) is 4.13. The van der Waals surface area contributed by atoms with Crippen LogP contribution in [0.1, 0.15) is 22.2 Å². The molecular weight excluding hydrogens is 439 g/mol. The zero-order valence-electron chi connectivity index (χ0n) is 15.4. The summed E-state index contributed by atoms with van der Waals surface area (Å²) >= 11 is 19.7. The Morgan fingerprint density at radius 3 is 2.54 bits per heavy atom. The Kier molecular flexibility index (Phi) is 6.50. The number of hydrogen-bond donors (Lipinski definition) is 0. The number of methoxy groups -OCH3 is 1. The number of hydrogen-bond acceptors (Lipinski definition) is 3. The van der Waals surface area contributed by atoms with E-state index in [-0.39, 0.29) is 0 Å². The average Bonchev–Trinajstić information content (AvgIpc) is 2.98. The quantitative estimate of drug-likeness (QED) is 0.466. The van der Waals surface area contributed by atoms with Crippen molar-refractivity contribution in [2.24, 2.45) is 4.99 Å². The highest BCUT2D eigenvalue weighted by molar-refractivity contribution is 7.09. The van der Waals surface area contributed by atoms with Crippen LogP contribution in [0.15, 0.2) is 41.4 Å². The molecule has 0 unspecified atom stereocenters. The summed E-state index contributed by atoms with van der Waals surface area (Å²) in [6.45, 7) is 4.62. The van der Waals surface area contributed by atoms with E-state index in [1.165, 1.54) is 18.4 Å². The number of nitrogens with zero attached hydrogens (tertiary/aromatic N) is 2. The second-order valence-corrected chi connectivity index (χ2v) is 8.36. The van der Waals surface area contributed by atoms with Crippen molar-refractivity contribution in [3.05, 3.63) is 66.7 Å². The lowest BCUT2D eigenvalue weighted by Gasteiger charge is -2.09. The van der Waals surface area contributed by atoms with Gasteiger partial charge in [0.1, 0.15) is 5.75 Å². The van der Waals surface area contributed by atoms with E-state index in [2.05, 4.69) is 4.99 Å². The molecule has 0 aliphatic heterocycles. The van der Waals surface area contributed by atoms with Gasteiger partial charge in [-0.25, -0.2) is 0 Å². The molecule has 8 heteroatoms. The van der Waals surface area contributed by atoms with Gasteiger partial charge in [0, 0.05) is 22.0 Å². The van der Waals surface area contributed by atoms with Crippen LogP contribution in [-0.2, 0) is 6.54 Å². The molecule has 0 spiro atoms. The predicted octanol–water partition coefficient (Wildman–Crippen LogP) is 6.25. The molecule has 3 rings (SSSR count). The molecule has 1 heterocycles. The van der Waals surface area contributed by atoms with Gasteiger partial charge in [-0.3, -0.25) is 4.79 Å². The van der Waals surface area contributed by atoms with Crippen molar-refractivity contribution in [1.82, 2.24) is 4.57 Å². The number of benzene rings is 2. The van der Waals surface area contributed by atoms with Crippen molar-refractivity contribution in [1.29, 1.82) is 0 Å². The first kappa shape index (κ1) is 20.9. The summed E-state index contributed by atoms with van der Waals surface area (Å²) in [7, 11) is 1.50. The second kappa shape index (κ2) is 8.70. The fourth-order valence-corrected chi connectivity index (χ4v) is 4.43. The largest absolute Gasteiger partial charge is 0.496 e. The lowest BCUT2D eigenvalue weighted by molar-refractivity contribution is 0.0995. The minimum absolute atomic E-state index is 0.319. The Morgan fingerprint density at radius 1 is 1.14 bits per heavy atom. The normalized spacial score (nSPS) is 11.7. The molecule has 0 aliphatic carbocycles. The third-order valence-electron chi connectivity index (χ3n) is 4.18. The molecule has 0 N–H and O–H groups in total. The van der Waals surface area contributed by atoms with Crippen LogP contribution in [0.5, 0.6) is 5.75 Å². The Morgan fingerprint density at radius 2 is 1.89 bits per heavy atom. The summed E-state index contributed by atoms with van der Waals surface area (Å²) in [5.74, 6) is 0.0164. The zero-order chi connectivity index (χ0) is 20.4. The molecule has 1 aromatic heterocycles. The van der Waals surface area contributed by atoms with Crippen LogP contribution in [-0.4, -0.2) is 17.6 Å². The Hall–Kier alpha value is -1.79. The average molecular weight is 456 g/mol. The van der Waals surface area contributed by atoms with E-state index in [0.717, 1.165) is 16.1 Å². The highest BCUT2D eigenvalue weighted by Crippen LogP contribution is 2.31. The SMILES string of the molecule is CCn1c(-c2ccc(Cl)c(Cl)c2)c(C)sc1=NC(=O)c1cc(Cl)ccc1OC. The van der Waals surface area contributed by atoms with E-state index in [1.54, 1.807) is 24.3 Å². The molecule has 0 atom stereocenters. The minimum atomic E-state index is -0.413. The summed E-state index contributed by atoms with van der Waals surface area (Å²) in [6, 6.07) is 10.4. The summed E-state index contributed by atoms with van der Waals surface area (Å²) < 4.78 is 7.25. The zero-order valence-corrected chi connectivity index (χ0v) is 18.5. The van der Waals surface area contributed by atoms with Crippen molar-refractivity contribution in [2.45, 2.75) is 20.4 Å². The summed E-state index contributed by atoms with van der Waals surface area (Å²) in [6.07, 6.45) is 0. The lowest BCUT2D eigenvalue weighted by atomic mass is 10.1. The van der Waals surface area contributed by atoms with Gasteiger partial charge in [0.25, 0.3) is 5.91 Å². The van der Waals surface area contributed by atoms with E-state index in [0.29, 0.717) is 37.7 Å². The van der Waals surface area contributed by atoms with Crippen LogP contribution in [0.4, 0.5) is 0 Å². The van der Waals surface area contributed by atoms with Crippen molar-refractivity contribution in [3.8, 4) is 17.0 Å². The van der Waals surface area contributed by atoms with Crippen LogP contribution in [0.2, 0.25) is 15.1 Å². The molecule has 2 aromatic carbocycles. The first-order valence-corrected chi connectivity index (χ1v) is 10.4. The standard InChI is InChI=1S/C20H17Cl3N2O2S/c1-4-25-18(12-5-7-15(22)16(23)9-12)11(2)28-20(25)24-19(26)14-10-13(21)6-8-17(14)27-3/h5-10H,4H2,1-3H3. The highest BCUT2D eigenvalue weighted by Gasteiger charge is 2.16. The van der Waals surface area contributed by atoms with Crippen molar-refractivity contribution < 1.29 is 9.53 Å². The number of thiazole rings is 1. The second-order valence-electron chi connectivity index (χ2n) is 5.92. The molecule has 0 aliphatic rings. The molecule has 0 saturated carbocycles. The number of halogens is 3. The van der Waals surface area contributed by atoms with Gasteiger partial charge in [0.15, 0.2) is 4.80 Å². The number of ether oxygens (including phenoxy) is 1. The first-order valence-electron chi connectivity index (χ1n) is 8.44. The van der Waals surface area contributed by atoms with E-state index >= 15 is 0 Å². The van der Waals surface area contributed by atoms with Crippen LogP contribution >= 0.6 is 46.1 Å². The summed E-state index contributed by atoms with van der Waals surface area (Å²) in [4.78, 5) is 18.8. The molecule has 28 heavy (non-hydrogen) atoms. The smallest absolute Gasteiger partial charge is 0.283 e. The van der Waals surface area contributed by atoms with E-state index in [4.69, 9.17) is 39.5 Å². The van der Waals surface area contributed by atoms with Gasteiger partial charge in [0.05, 0.1) is 28.4 Å². The Balaban J connectivity index is 2.14. The molecule has 4 nitrogen and oxygen atoms in total. The molecule has 0 saturated heterocycles. The maximum Gasteiger partial charge on any atom is 0.283 e. The fraction of sp³-hybridized carbons (Fsp3) is 0.200. The van der Waals surface area contributed by atoms with Gasteiger partial charge in [0.2, 0.25) is 0 Å². The van der Waals surface area contributed by atoms with Gasteiger partial charge in [-0.1, -0.05) is 40.9 Å². The monoisotopic (exact) mass is 454 g/mol. The number of amides is 1. The van der Waals surface area contributed by atoms with Gasteiger partial charge in [-0.2, -0.15) is 4.99 Å². The van der Waals surface area contributed by atoms with Gasteiger partial charge in [-0.15, -0.1) is 11.3 Å². The summed E-state index contributed by atoms with van der Waals surface area (Å²) in [5.41, 5.74) is 2.19. The molecule has 0 bridgehead atoms. The molecule has 0 radical (unpaired) electrons. The van der Waals surface area contributed by atoms with E-state index < -0.39 is 5.91 Å². The van der Waals surface area contributed by atoms with Crippen LogP contribution in [0.3, 0.4) is 0 Å². The van der Waals surface area contributed by atoms with Crippen LogP contribution in [0, 0.1) is 6.92 Å². The van der Waals surface area contributed by atoms with Gasteiger partial charge >= 0.3 is 0 Å². The number of rotatable bonds is 4. The third-order valence-corrected chi connectivity index (χ3v) is 6.14. The first-order chi connectivity index (χ1) is 13.3. The Labute approximate surface area is 182 Å². The van der Waals surface area contributed by atoms with Crippen molar-refractivity contribution >= 4 is 52.0 Å². The molecule has 3 aromatic rings. The summed E-state index contributed by atoms with van der Waals surface area (Å²) in [5, 5.41) is 1.42. The minimum Gasteiger partial charge on any atom is -0.496 e. The van der Waals surface area contributed by atoms with Gasteiger partial charge < -0.3 is 9.30 Å². The van der Waals surface area contributed by atoms with Crippen molar-refractivity contribution in [3.63, 3.8) is 0 Å². The van der Waals surface area contributed by atoms with E-state index in [9.17, 15) is 4.79 Å². The molecule has 146 valence electrons. The van der Waals surface area contributed by atoms with Crippen molar-refractivity contribution in [2.75, 3.05) is 7.11 Å². The molecule has 0 fully saturated rings. The maximum absolute atomic E-state index is 12.8. The number of carbonyl (C=O) groups is 1. The topological polar surface area (TPSA) is 43.6 Å². The molecular formula is C20H17Cl3N2O2S. The number of aryl methyl sites for hydroxylation is 1. The maximum atomic E-state index is 12.8. The number of aromatic nitrogens is 1. The Bertz CT molecular complexity index is 1120. The molecule has 1 amide bonds. The van der Waals surface area contributed by atoms with Crippen LogP contribution in [0.25, 0.3) is 11.3 Å². The predicted molar refractivity (Wildman–Crippen MR) is 116 cm³/mol. The number of carbonyl (C=O) groups excluding carboxylic acids is 1. The highest BCUT2D eigenvalue weighted by atomic mass is 35.5. The fourth-order valence-electron chi connectivity index (χ4n) is 2.90. The van der Waals surface area contributed by atoms with Gasteiger partial charge in [-0.05, 0) is 44.2 Å². The van der Waals surface area contributed by atoms with E-state index in [1.807, 2.05) is 30.5 Å².